The zero-order valence-electron chi connectivity index (χ0n) is 13.2. The molecule has 0 saturated carbocycles. The second kappa shape index (κ2) is 7.26. The van der Waals surface area contributed by atoms with Crippen LogP contribution in [0.3, 0.4) is 0 Å². The third-order valence-corrected chi connectivity index (χ3v) is 2.69. The van der Waals surface area contributed by atoms with Crippen molar-refractivity contribution in [1.82, 2.24) is 10.2 Å². The minimum atomic E-state index is -1.44. The number of carbonyl (C=O) groups excluding carboxylic acids is 2. The molecule has 122 valence electrons. The second-order valence-corrected chi connectivity index (χ2v) is 5.83. The van der Waals surface area contributed by atoms with E-state index in [1.54, 1.807) is 20.8 Å². The van der Waals surface area contributed by atoms with Crippen LogP contribution in [-0.2, 0) is 14.3 Å². The van der Waals surface area contributed by atoms with Crippen LogP contribution in [0, 0.1) is 0 Å². The molecule has 0 aromatic rings. The van der Waals surface area contributed by atoms with E-state index >= 15 is 0 Å². The summed E-state index contributed by atoms with van der Waals surface area (Å²) in [7, 11) is 1.37. The van der Waals surface area contributed by atoms with Gasteiger partial charge in [0.15, 0.2) is 6.04 Å². The van der Waals surface area contributed by atoms with Crippen LogP contribution < -0.4 is 5.32 Å². The number of nitrogens with one attached hydrogen (secondary N) is 1. The van der Waals surface area contributed by atoms with Gasteiger partial charge in [0.2, 0.25) is 5.91 Å². The topological polar surface area (TPSA) is 116 Å². The Morgan fingerprint density at radius 1 is 1.19 bits per heavy atom. The van der Waals surface area contributed by atoms with Gasteiger partial charge in [0.05, 0.1) is 6.10 Å². The number of likely N-dealkylation sites (N-methyl/N-ethyl adjacent to an activating group) is 1. The SMILES string of the molecule is C[C@@H](O)[C@H](NC(=O)[C@H](C)N(C)C(=O)OC(C)(C)C)C(=O)O. The molecule has 0 unspecified atom stereocenters. The number of carbonyl (C=O) groups is 3. The number of aliphatic carboxylic acids is 1. The van der Waals surface area contributed by atoms with Crippen LogP contribution >= 0.6 is 0 Å². The maximum Gasteiger partial charge on any atom is 0.410 e. The van der Waals surface area contributed by atoms with Crippen molar-refractivity contribution in [3.63, 3.8) is 0 Å². The highest BCUT2D eigenvalue weighted by molar-refractivity contribution is 5.89. The summed E-state index contributed by atoms with van der Waals surface area (Å²) in [6, 6.07) is -2.38. The van der Waals surface area contributed by atoms with Crippen LogP contribution in [-0.4, -0.2) is 63.9 Å². The van der Waals surface area contributed by atoms with Crippen LogP contribution in [0.15, 0.2) is 0 Å². The fourth-order valence-electron chi connectivity index (χ4n) is 1.33. The Labute approximate surface area is 124 Å². The highest BCUT2D eigenvalue weighted by atomic mass is 16.6. The third kappa shape index (κ3) is 6.44. The van der Waals surface area contributed by atoms with E-state index in [2.05, 4.69) is 5.32 Å². The molecule has 0 aromatic heterocycles. The molecule has 0 rings (SSSR count). The minimum absolute atomic E-state index is 0.698. The maximum absolute atomic E-state index is 11.9. The summed E-state index contributed by atoms with van der Waals surface area (Å²) in [6.45, 7) is 7.76. The number of rotatable bonds is 5. The van der Waals surface area contributed by atoms with E-state index in [9.17, 15) is 19.5 Å². The number of hydrogen-bond donors (Lipinski definition) is 3. The lowest BCUT2D eigenvalue weighted by Crippen LogP contribution is -2.54. The number of carboxylic acids is 1. The molecular weight excluding hydrogens is 280 g/mol. The van der Waals surface area contributed by atoms with Gasteiger partial charge in [0.1, 0.15) is 11.6 Å². The van der Waals surface area contributed by atoms with Gasteiger partial charge in [-0.3, -0.25) is 9.69 Å². The van der Waals surface area contributed by atoms with E-state index in [-0.39, 0.29) is 0 Å². The predicted molar refractivity (Wildman–Crippen MR) is 74.7 cm³/mol. The quantitative estimate of drug-likeness (QED) is 0.668. The molecule has 2 amide bonds. The second-order valence-electron chi connectivity index (χ2n) is 5.83. The fourth-order valence-corrected chi connectivity index (χ4v) is 1.33. The van der Waals surface area contributed by atoms with Crippen molar-refractivity contribution >= 4 is 18.0 Å². The Balaban J connectivity index is 4.77. The van der Waals surface area contributed by atoms with Crippen LogP contribution in [0.4, 0.5) is 4.79 Å². The van der Waals surface area contributed by atoms with Gasteiger partial charge >= 0.3 is 12.1 Å². The van der Waals surface area contributed by atoms with Crippen LogP contribution in [0.2, 0.25) is 0 Å². The average Bonchev–Trinajstić information content (AvgIpc) is 2.30. The summed E-state index contributed by atoms with van der Waals surface area (Å²) < 4.78 is 5.11. The van der Waals surface area contributed by atoms with Crippen molar-refractivity contribution in [3.05, 3.63) is 0 Å². The third-order valence-electron chi connectivity index (χ3n) is 2.69. The van der Waals surface area contributed by atoms with E-state index < -0.39 is 41.8 Å². The summed E-state index contributed by atoms with van der Waals surface area (Å²) in [4.78, 5) is 35.7. The lowest BCUT2D eigenvalue weighted by Gasteiger charge is -2.29. The molecule has 0 aliphatic carbocycles. The Morgan fingerprint density at radius 3 is 2.00 bits per heavy atom. The molecule has 8 nitrogen and oxygen atoms in total. The first-order valence-electron chi connectivity index (χ1n) is 6.54. The summed E-state index contributed by atoms with van der Waals surface area (Å²) >= 11 is 0. The van der Waals surface area contributed by atoms with Crippen molar-refractivity contribution in [2.24, 2.45) is 0 Å². The molecular formula is C13H24N2O6. The molecule has 0 spiro atoms. The largest absolute Gasteiger partial charge is 0.480 e. The zero-order valence-corrected chi connectivity index (χ0v) is 13.2. The molecule has 8 heteroatoms. The van der Waals surface area contributed by atoms with Gasteiger partial charge in [-0.15, -0.1) is 0 Å². The van der Waals surface area contributed by atoms with Gasteiger partial charge in [-0.2, -0.15) is 0 Å². The molecule has 0 radical (unpaired) electrons. The number of ether oxygens (including phenoxy) is 1. The Kier molecular flexibility index (Phi) is 6.62. The Hall–Kier alpha value is -1.83. The molecule has 0 saturated heterocycles. The van der Waals surface area contributed by atoms with E-state index in [1.165, 1.54) is 20.9 Å². The molecule has 0 heterocycles. The summed E-state index contributed by atoms with van der Waals surface area (Å²) in [5.74, 6) is -2.05. The van der Waals surface area contributed by atoms with Crippen molar-refractivity contribution < 1.29 is 29.3 Å². The molecule has 0 fully saturated rings. The summed E-state index contributed by atoms with van der Waals surface area (Å²) in [5.41, 5.74) is -0.704. The van der Waals surface area contributed by atoms with Crippen molar-refractivity contribution in [2.45, 2.75) is 58.4 Å². The van der Waals surface area contributed by atoms with E-state index in [1.807, 2.05) is 0 Å². The Bertz CT molecular complexity index is 402. The van der Waals surface area contributed by atoms with Gasteiger partial charge in [0, 0.05) is 7.05 Å². The Morgan fingerprint density at radius 2 is 1.67 bits per heavy atom. The number of carboxylic acid groups (broad SMARTS) is 1. The maximum atomic E-state index is 11.9. The lowest BCUT2D eigenvalue weighted by atomic mass is 10.1. The molecule has 0 aliphatic heterocycles. The fraction of sp³-hybridized carbons (Fsp3) is 0.769. The highest BCUT2D eigenvalue weighted by Gasteiger charge is 2.31. The van der Waals surface area contributed by atoms with E-state index in [0.717, 1.165) is 4.90 Å². The number of amides is 2. The summed E-state index contributed by atoms with van der Waals surface area (Å²) in [6.07, 6.45) is -1.96. The van der Waals surface area contributed by atoms with Gasteiger partial charge < -0.3 is 20.3 Å². The number of aliphatic hydroxyl groups excluding tert-OH is 1. The summed E-state index contributed by atoms with van der Waals surface area (Å²) in [5, 5.41) is 20.4. The number of nitrogens with zero attached hydrogens (tertiary/aromatic N) is 1. The van der Waals surface area contributed by atoms with Gasteiger partial charge in [0.25, 0.3) is 0 Å². The molecule has 0 bridgehead atoms. The smallest absolute Gasteiger partial charge is 0.410 e. The van der Waals surface area contributed by atoms with Crippen molar-refractivity contribution in [1.29, 1.82) is 0 Å². The predicted octanol–water partition coefficient (Wildman–Crippen LogP) is 0.192. The van der Waals surface area contributed by atoms with E-state index in [4.69, 9.17) is 9.84 Å². The average molecular weight is 304 g/mol. The minimum Gasteiger partial charge on any atom is -0.480 e. The number of hydrogen-bond acceptors (Lipinski definition) is 5. The first kappa shape index (κ1) is 19.2. The first-order valence-corrected chi connectivity index (χ1v) is 6.54. The van der Waals surface area contributed by atoms with Gasteiger partial charge in [-0.1, -0.05) is 0 Å². The van der Waals surface area contributed by atoms with E-state index in [0.29, 0.717) is 0 Å². The molecule has 0 aromatic carbocycles. The first-order chi connectivity index (χ1) is 9.36. The molecule has 21 heavy (non-hydrogen) atoms. The number of aliphatic hydroxyl groups is 1. The highest BCUT2D eigenvalue weighted by Crippen LogP contribution is 2.11. The van der Waals surface area contributed by atoms with Crippen LogP contribution in [0.25, 0.3) is 0 Å². The molecule has 3 atom stereocenters. The monoisotopic (exact) mass is 304 g/mol. The normalized spacial score (nSPS) is 15.6. The molecule has 3 N–H and O–H groups in total. The lowest BCUT2D eigenvalue weighted by molar-refractivity contribution is -0.145. The van der Waals surface area contributed by atoms with Crippen molar-refractivity contribution in [2.75, 3.05) is 7.05 Å². The zero-order chi connectivity index (χ0) is 17.0. The van der Waals surface area contributed by atoms with Crippen LogP contribution in [0.5, 0.6) is 0 Å². The van der Waals surface area contributed by atoms with Crippen LogP contribution in [0.1, 0.15) is 34.6 Å². The van der Waals surface area contributed by atoms with Crippen molar-refractivity contribution in [3.8, 4) is 0 Å². The molecule has 0 aliphatic rings. The van der Waals surface area contributed by atoms with Gasteiger partial charge in [-0.25, -0.2) is 9.59 Å². The standard InChI is InChI=1S/C13H24N2O6/c1-7(15(6)12(20)21-13(3,4)5)10(17)14-9(8(2)16)11(18)19/h7-9,16H,1-6H3,(H,14,17)(H,18,19)/t7-,8+,9-/m0/s1. The van der Waals surface area contributed by atoms with Gasteiger partial charge in [-0.05, 0) is 34.6 Å².